The van der Waals surface area contributed by atoms with Gasteiger partial charge in [-0.2, -0.15) is 0 Å². The molecule has 0 spiro atoms. The third-order valence-electron chi connectivity index (χ3n) is 10.5. The Morgan fingerprint density at radius 2 is 0.982 bits per heavy atom. The highest BCUT2D eigenvalue weighted by Gasteiger charge is 2.39. The molecule has 0 aliphatic carbocycles. The van der Waals surface area contributed by atoms with Gasteiger partial charge in [0.1, 0.15) is 0 Å². The van der Waals surface area contributed by atoms with Gasteiger partial charge in [-0.25, -0.2) is 0 Å². The lowest BCUT2D eigenvalue weighted by atomic mass is 10.1. The molecule has 0 bridgehead atoms. The van der Waals surface area contributed by atoms with Crippen molar-refractivity contribution in [2.24, 2.45) is 0 Å². The maximum absolute atomic E-state index is 12.9. The third kappa shape index (κ3) is 35.6. The van der Waals surface area contributed by atoms with E-state index in [9.17, 15) is 9.59 Å². The van der Waals surface area contributed by atoms with Crippen molar-refractivity contribution in [3.8, 4) is 0 Å². The highest BCUT2D eigenvalue weighted by molar-refractivity contribution is 6.74. The van der Waals surface area contributed by atoms with Gasteiger partial charge in [-0.05, 0) is 108 Å². The van der Waals surface area contributed by atoms with E-state index in [-0.39, 0.29) is 36.1 Å². The molecule has 0 rings (SSSR count). The summed E-state index contributed by atoms with van der Waals surface area (Å²) in [5.74, 6) is -0.393. The Kier molecular flexibility index (Phi) is 36.9. The average molecular weight is 819 g/mol. The molecule has 0 fully saturated rings. The van der Waals surface area contributed by atoms with E-state index in [0.29, 0.717) is 45.5 Å². The van der Waals surface area contributed by atoms with Crippen LogP contribution in [-0.2, 0) is 33.0 Å². The molecule has 57 heavy (non-hydrogen) atoms. The van der Waals surface area contributed by atoms with Gasteiger partial charge in [0.2, 0.25) is 0 Å². The van der Waals surface area contributed by atoms with Crippen LogP contribution in [0.15, 0.2) is 48.6 Å². The van der Waals surface area contributed by atoms with Crippen molar-refractivity contribution in [2.75, 3.05) is 26.4 Å². The fraction of sp³-hybridized carbons (Fsp3) is 0.796. The maximum Gasteiger partial charge on any atom is 0.305 e. The van der Waals surface area contributed by atoms with Crippen molar-refractivity contribution in [3.05, 3.63) is 48.6 Å². The lowest BCUT2D eigenvalue weighted by Gasteiger charge is -2.39. The van der Waals surface area contributed by atoms with E-state index in [1.54, 1.807) is 0 Å². The zero-order valence-electron chi connectivity index (χ0n) is 38.4. The first-order valence-corrected chi connectivity index (χ1v) is 26.2. The molecular weight excluding hydrogens is 729 g/mol. The molecule has 0 saturated carbocycles. The van der Waals surface area contributed by atoms with E-state index < -0.39 is 14.6 Å². The second kappa shape index (κ2) is 38.2. The maximum atomic E-state index is 12.9. The van der Waals surface area contributed by atoms with E-state index in [0.717, 1.165) is 83.5 Å². The molecule has 0 aliphatic heterocycles. The zero-order valence-corrected chi connectivity index (χ0v) is 39.4. The first kappa shape index (κ1) is 55.0. The van der Waals surface area contributed by atoms with Crippen molar-refractivity contribution >= 4 is 20.3 Å². The molecule has 0 aromatic carbocycles. The molecule has 1 atom stereocenters. The quantitative estimate of drug-likeness (QED) is 0.0201. The molecule has 332 valence electrons. The predicted molar refractivity (Wildman–Crippen MR) is 244 cm³/mol. The standard InChI is InChI=1S/C49H90O7Si/c1-9-12-15-18-21-22-23-24-25-26-27-28-29-30-33-36-46(50)52-43-39-45(56-57(7,8)49(4,5)6)40-44-53-47(51)37-38-48(54-41-34-31-19-16-13-10-2)55-42-35-32-20-17-14-11-3/h13-14,16-17,21-22,24-25,45,48H,9-12,15,18-20,23,26-44H2,1-8H3/b16-13-,17-14-,22-21-,25-24-. The molecule has 0 radical (unpaired) electrons. The minimum Gasteiger partial charge on any atom is -0.466 e. The number of ether oxygens (including phenoxy) is 4. The second-order valence-electron chi connectivity index (χ2n) is 17.0. The van der Waals surface area contributed by atoms with Crippen LogP contribution in [0, 0.1) is 0 Å². The Balaban J connectivity index is 4.65. The highest BCUT2D eigenvalue weighted by Crippen LogP contribution is 2.38. The third-order valence-corrected chi connectivity index (χ3v) is 15.1. The monoisotopic (exact) mass is 819 g/mol. The van der Waals surface area contributed by atoms with Gasteiger partial charge in [0.25, 0.3) is 0 Å². The molecular formula is C49H90O7Si. The normalized spacial score (nSPS) is 13.3. The summed E-state index contributed by atoms with van der Waals surface area (Å²) >= 11 is 0. The van der Waals surface area contributed by atoms with Crippen LogP contribution in [0.1, 0.15) is 196 Å². The molecule has 7 nitrogen and oxygen atoms in total. The smallest absolute Gasteiger partial charge is 0.305 e. The van der Waals surface area contributed by atoms with Gasteiger partial charge in [0.15, 0.2) is 14.6 Å². The van der Waals surface area contributed by atoms with E-state index in [1.807, 2.05) is 0 Å². The van der Waals surface area contributed by atoms with Crippen LogP contribution in [0.4, 0.5) is 0 Å². The summed E-state index contributed by atoms with van der Waals surface area (Å²) in [6.45, 7) is 19.5. The summed E-state index contributed by atoms with van der Waals surface area (Å²) in [6.07, 6.45) is 40.8. The van der Waals surface area contributed by atoms with Crippen LogP contribution in [-0.4, -0.2) is 59.1 Å². The Hall–Kier alpha value is -2.00. The lowest BCUT2D eigenvalue weighted by Crippen LogP contribution is -2.44. The number of esters is 2. The van der Waals surface area contributed by atoms with Gasteiger partial charge in [0, 0.05) is 38.9 Å². The van der Waals surface area contributed by atoms with Crippen LogP contribution < -0.4 is 0 Å². The summed E-state index contributed by atoms with van der Waals surface area (Å²) in [5, 5.41) is 0.0349. The second-order valence-corrected chi connectivity index (χ2v) is 21.7. The minimum atomic E-state index is -2.09. The molecule has 0 saturated heterocycles. The molecule has 1 unspecified atom stereocenters. The van der Waals surface area contributed by atoms with Crippen LogP contribution in [0.2, 0.25) is 18.1 Å². The molecule has 0 N–H and O–H groups in total. The summed E-state index contributed by atoms with van der Waals surface area (Å²) in [4.78, 5) is 25.4. The van der Waals surface area contributed by atoms with Gasteiger partial charge >= 0.3 is 11.9 Å². The Morgan fingerprint density at radius 1 is 0.526 bits per heavy atom. The van der Waals surface area contributed by atoms with Gasteiger partial charge in [-0.15, -0.1) is 0 Å². The van der Waals surface area contributed by atoms with Crippen molar-refractivity contribution in [1.82, 2.24) is 0 Å². The van der Waals surface area contributed by atoms with Gasteiger partial charge in [-0.1, -0.05) is 122 Å². The summed E-state index contributed by atoms with van der Waals surface area (Å²) in [6, 6.07) is 0. The number of carbonyl (C=O) groups is 2. The first-order chi connectivity index (χ1) is 27.5. The summed E-state index contributed by atoms with van der Waals surface area (Å²) in [5.41, 5.74) is 0. The van der Waals surface area contributed by atoms with Crippen molar-refractivity contribution < 1.29 is 33.0 Å². The minimum absolute atomic E-state index is 0.0349. The highest BCUT2D eigenvalue weighted by atomic mass is 28.4. The zero-order chi connectivity index (χ0) is 42.3. The number of carbonyl (C=O) groups excluding carboxylic acids is 2. The molecule has 0 aromatic rings. The largest absolute Gasteiger partial charge is 0.466 e. The molecule has 0 aliphatic rings. The van der Waals surface area contributed by atoms with Crippen LogP contribution in [0.25, 0.3) is 0 Å². The van der Waals surface area contributed by atoms with E-state index in [2.05, 4.69) is 103 Å². The number of hydrogen-bond acceptors (Lipinski definition) is 7. The van der Waals surface area contributed by atoms with E-state index >= 15 is 0 Å². The molecule has 8 heteroatoms. The summed E-state index contributed by atoms with van der Waals surface area (Å²) < 4.78 is 30.2. The van der Waals surface area contributed by atoms with Crippen molar-refractivity contribution in [3.63, 3.8) is 0 Å². The fourth-order valence-corrected chi connectivity index (χ4v) is 7.29. The number of unbranched alkanes of at least 4 members (excludes halogenated alkanes) is 12. The average Bonchev–Trinajstić information content (AvgIpc) is 3.16. The van der Waals surface area contributed by atoms with Crippen molar-refractivity contribution in [1.29, 1.82) is 0 Å². The SMILES string of the molecule is CC/C=C\CCCCOC(CCC(=O)OCCC(CCOC(=O)CCCCCCC/C=C\C/C=C\CCCCC)O[Si](C)(C)C(C)(C)C)OCCCC/C=C\CC. The first-order valence-electron chi connectivity index (χ1n) is 23.3. The Labute approximate surface area is 353 Å². The number of hydrogen-bond donors (Lipinski definition) is 0. The topological polar surface area (TPSA) is 80.3 Å². The molecule has 0 aromatic heterocycles. The lowest BCUT2D eigenvalue weighted by molar-refractivity contribution is -0.159. The van der Waals surface area contributed by atoms with Crippen molar-refractivity contribution in [2.45, 2.75) is 226 Å². The van der Waals surface area contributed by atoms with Gasteiger partial charge in [0.05, 0.1) is 25.7 Å². The van der Waals surface area contributed by atoms with E-state index in [4.69, 9.17) is 23.4 Å². The van der Waals surface area contributed by atoms with Crippen LogP contribution in [0.5, 0.6) is 0 Å². The van der Waals surface area contributed by atoms with Gasteiger partial charge < -0.3 is 23.4 Å². The fourth-order valence-electron chi connectivity index (χ4n) is 5.87. The Morgan fingerprint density at radius 3 is 1.49 bits per heavy atom. The molecule has 0 heterocycles. The summed E-state index contributed by atoms with van der Waals surface area (Å²) in [7, 11) is -2.09. The number of allylic oxidation sites excluding steroid dienone is 8. The van der Waals surface area contributed by atoms with Crippen LogP contribution >= 0.6 is 0 Å². The number of rotatable bonds is 39. The predicted octanol–water partition coefficient (Wildman–Crippen LogP) is 14.5. The molecule has 0 amide bonds. The van der Waals surface area contributed by atoms with E-state index in [1.165, 1.54) is 38.5 Å². The van der Waals surface area contributed by atoms with Crippen LogP contribution in [0.3, 0.4) is 0 Å². The Bertz CT molecular complexity index is 1030. The van der Waals surface area contributed by atoms with Gasteiger partial charge in [-0.3, -0.25) is 9.59 Å².